The molecule has 5 heterocycles. The monoisotopic (exact) mass is 496 g/mol. The van der Waals surface area contributed by atoms with Gasteiger partial charge in [0, 0.05) is 73.9 Å². The van der Waals surface area contributed by atoms with Crippen LogP contribution in [0, 0.1) is 0 Å². The van der Waals surface area contributed by atoms with Crippen LogP contribution in [0.3, 0.4) is 0 Å². The fourth-order valence-electron chi connectivity index (χ4n) is 5.84. The Bertz CT molecular complexity index is 1270. The summed E-state index contributed by atoms with van der Waals surface area (Å²) in [6.45, 7) is 4.85. The van der Waals surface area contributed by atoms with Gasteiger partial charge in [0.2, 0.25) is 5.91 Å². The first-order chi connectivity index (χ1) is 17.5. The van der Waals surface area contributed by atoms with Gasteiger partial charge in [-0.2, -0.15) is 10.2 Å². The molecule has 0 spiro atoms. The number of aryl methyl sites for hydroxylation is 1. The van der Waals surface area contributed by atoms with E-state index in [1.807, 2.05) is 11.0 Å². The van der Waals surface area contributed by atoms with E-state index in [0.717, 1.165) is 60.4 Å². The molecule has 1 N–H and O–H groups in total. The highest BCUT2D eigenvalue weighted by atomic mass is 19.3. The summed E-state index contributed by atoms with van der Waals surface area (Å²) < 4.78 is 36.2. The van der Waals surface area contributed by atoms with Crippen LogP contribution in [0.2, 0.25) is 0 Å². The Morgan fingerprint density at radius 1 is 1.19 bits per heavy atom. The molecule has 0 bridgehead atoms. The fourth-order valence-corrected chi connectivity index (χ4v) is 5.84. The number of hydrogen-bond acceptors (Lipinski definition) is 5. The molecular formula is C26H30F2N6O2. The Labute approximate surface area is 208 Å². The summed E-state index contributed by atoms with van der Waals surface area (Å²) in [5, 5.41) is 11.8. The van der Waals surface area contributed by atoms with Crippen molar-refractivity contribution >= 4 is 17.4 Å². The number of amides is 1. The summed E-state index contributed by atoms with van der Waals surface area (Å²) in [6.07, 6.45) is 4.83. The van der Waals surface area contributed by atoms with Gasteiger partial charge >= 0.3 is 0 Å². The van der Waals surface area contributed by atoms with Gasteiger partial charge in [-0.05, 0) is 48.9 Å². The van der Waals surface area contributed by atoms with Gasteiger partial charge < -0.3 is 14.5 Å². The highest BCUT2D eigenvalue weighted by Crippen LogP contribution is 2.43. The molecule has 1 aromatic carbocycles. The minimum atomic E-state index is -2.62. The van der Waals surface area contributed by atoms with E-state index < -0.39 is 6.43 Å². The summed E-state index contributed by atoms with van der Waals surface area (Å²) in [4.78, 5) is 16.2. The lowest BCUT2D eigenvalue weighted by Gasteiger charge is -2.33. The highest BCUT2D eigenvalue weighted by Gasteiger charge is 2.34. The van der Waals surface area contributed by atoms with Crippen molar-refractivity contribution in [2.75, 3.05) is 31.2 Å². The van der Waals surface area contributed by atoms with E-state index in [-0.39, 0.29) is 17.5 Å². The maximum Gasteiger partial charge on any atom is 0.264 e. The molecular weight excluding hydrogens is 466 g/mol. The number of ether oxygens (including phenoxy) is 1. The van der Waals surface area contributed by atoms with Crippen LogP contribution < -0.4 is 4.90 Å². The van der Waals surface area contributed by atoms with Gasteiger partial charge in [0.25, 0.3) is 6.43 Å². The van der Waals surface area contributed by atoms with E-state index in [4.69, 9.17) is 9.84 Å². The summed E-state index contributed by atoms with van der Waals surface area (Å²) >= 11 is 0. The molecule has 36 heavy (non-hydrogen) atoms. The minimum Gasteiger partial charge on any atom is -0.381 e. The molecule has 8 nitrogen and oxygen atoms in total. The van der Waals surface area contributed by atoms with Crippen LogP contribution in [0.5, 0.6) is 0 Å². The van der Waals surface area contributed by atoms with Crippen LogP contribution in [0.1, 0.15) is 61.0 Å². The van der Waals surface area contributed by atoms with E-state index in [0.29, 0.717) is 44.0 Å². The minimum absolute atomic E-state index is 0.00913. The lowest BCUT2D eigenvalue weighted by Crippen LogP contribution is -2.36. The van der Waals surface area contributed by atoms with Crippen molar-refractivity contribution in [3.05, 3.63) is 46.9 Å². The van der Waals surface area contributed by atoms with E-state index in [1.54, 1.807) is 25.4 Å². The molecule has 3 aliphatic heterocycles. The number of aromatic nitrogens is 4. The van der Waals surface area contributed by atoms with Gasteiger partial charge in [0.05, 0.1) is 18.8 Å². The Hall–Kier alpha value is -3.27. The zero-order valence-electron chi connectivity index (χ0n) is 20.3. The average molecular weight is 497 g/mol. The second-order valence-electron chi connectivity index (χ2n) is 9.84. The summed E-state index contributed by atoms with van der Waals surface area (Å²) in [5.41, 5.74) is 5.16. The first-order valence-corrected chi connectivity index (χ1v) is 12.7. The highest BCUT2D eigenvalue weighted by molar-refractivity contribution is 5.78. The average Bonchev–Trinajstić information content (AvgIpc) is 3.56. The summed E-state index contributed by atoms with van der Waals surface area (Å²) in [6, 6.07) is 3.76. The van der Waals surface area contributed by atoms with Gasteiger partial charge in [-0.25, -0.2) is 8.78 Å². The number of carbonyl (C=O) groups excluding carboxylic acids is 1. The number of rotatable bonds is 4. The van der Waals surface area contributed by atoms with Crippen molar-refractivity contribution < 1.29 is 18.3 Å². The molecule has 2 aromatic heterocycles. The molecule has 10 heteroatoms. The normalized spacial score (nSPS) is 18.4. The molecule has 3 aromatic rings. The van der Waals surface area contributed by atoms with Crippen molar-refractivity contribution in [2.24, 2.45) is 0 Å². The number of alkyl halides is 2. The number of nitrogens with one attached hydrogen (secondary N) is 1. The second-order valence-corrected chi connectivity index (χ2v) is 9.84. The van der Waals surface area contributed by atoms with Crippen molar-refractivity contribution in [2.45, 2.75) is 58.0 Å². The number of fused-ring (bicyclic) bond motifs is 2. The molecule has 6 rings (SSSR count). The molecule has 1 saturated heterocycles. The molecule has 0 radical (unpaired) electrons. The number of H-pyrrole nitrogens is 1. The van der Waals surface area contributed by atoms with Gasteiger partial charge in [0.15, 0.2) is 5.82 Å². The largest absolute Gasteiger partial charge is 0.381 e. The fraction of sp³-hybridized carbons (Fsp3) is 0.500. The zero-order chi connectivity index (χ0) is 24.8. The van der Waals surface area contributed by atoms with E-state index in [2.05, 4.69) is 19.8 Å². The van der Waals surface area contributed by atoms with Crippen LogP contribution in [0.4, 0.5) is 20.3 Å². The molecule has 190 valence electrons. The number of halogens is 2. The topological polar surface area (TPSA) is 79.3 Å². The molecule has 0 saturated carbocycles. The second kappa shape index (κ2) is 9.31. The number of benzene rings is 1. The Balaban J connectivity index is 1.47. The number of nitrogens with zero attached hydrogens (tertiary/aromatic N) is 5. The first-order valence-electron chi connectivity index (χ1n) is 12.7. The summed E-state index contributed by atoms with van der Waals surface area (Å²) in [7, 11) is 0. The third-order valence-electron chi connectivity index (χ3n) is 7.72. The lowest BCUT2D eigenvalue weighted by molar-refractivity contribution is -0.129. The van der Waals surface area contributed by atoms with Crippen LogP contribution in [-0.4, -0.2) is 57.1 Å². The van der Waals surface area contributed by atoms with Crippen molar-refractivity contribution in [1.29, 1.82) is 0 Å². The van der Waals surface area contributed by atoms with Crippen molar-refractivity contribution in [3.63, 3.8) is 0 Å². The van der Waals surface area contributed by atoms with Crippen LogP contribution in [0.15, 0.2) is 24.5 Å². The van der Waals surface area contributed by atoms with Crippen LogP contribution in [-0.2, 0) is 28.9 Å². The number of aromatic amines is 1. The van der Waals surface area contributed by atoms with Crippen molar-refractivity contribution in [3.8, 4) is 11.1 Å². The van der Waals surface area contributed by atoms with Gasteiger partial charge in [-0.15, -0.1) is 0 Å². The van der Waals surface area contributed by atoms with Crippen LogP contribution in [0.25, 0.3) is 11.1 Å². The van der Waals surface area contributed by atoms with E-state index >= 15 is 0 Å². The number of anilines is 2. The quantitative estimate of drug-likeness (QED) is 0.573. The third kappa shape index (κ3) is 3.97. The zero-order valence-corrected chi connectivity index (χ0v) is 20.3. The molecule has 1 fully saturated rings. The van der Waals surface area contributed by atoms with Crippen LogP contribution >= 0.6 is 0 Å². The maximum atomic E-state index is 14.3. The molecule has 0 unspecified atom stereocenters. The lowest BCUT2D eigenvalue weighted by atomic mass is 9.92. The number of carbonyl (C=O) groups is 1. The maximum absolute atomic E-state index is 14.3. The molecule has 0 atom stereocenters. The van der Waals surface area contributed by atoms with Gasteiger partial charge in [-0.1, -0.05) is 0 Å². The van der Waals surface area contributed by atoms with E-state index in [1.165, 1.54) is 0 Å². The third-order valence-corrected chi connectivity index (χ3v) is 7.72. The number of hydrogen-bond donors (Lipinski definition) is 1. The molecule has 1 amide bonds. The van der Waals surface area contributed by atoms with E-state index in [9.17, 15) is 13.6 Å². The molecule has 0 aliphatic carbocycles. The SMILES string of the molecule is CC(=O)N1CCc2c(c(N3CCCc4cc(-c5cn[nH]c5)c(C(F)F)cc43)nn2C2CCOCC2)C1. The Morgan fingerprint density at radius 3 is 2.75 bits per heavy atom. The van der Waals surface area contributed by atoms with Gasteiger partial charge in [0.1, 0.15) is 0 Å². The predicted octanol–water partition coefficient (Wildman–Crippen LogP) is 4.55. The van der Waals surface area contributed by atoms with Crippen molar-refractivity contribution in [1.82, 2.24) is 24.9 Å². The van der Waals surface area contributed by atoms with Gasteiger partial charge in [-0.3, -0.25) is 14.6 Å². The first kappa shape index (κ1) is 23.1. The molecule has 3 aliphatic rings. The Kier molecular flexibility index (Phi) is 5.99. The standard InChI is InChI=1S/C26H30F2N6O2/c1-16(35)32-8-4-23-22(15-32)26(31-34(23)19-5-9-36-10-6-19)33-7-2-3-17-11-20(18-13-29-30-14-18)21(25(27)28)12-24(17)33/h11-14,19,25H,2-10,15H2,1H3,(H,29,30). The Morgan fingerprint density at radius 2 is 2.03 bits per heavy atom. The predicted molar refractivity (Wildman–Crippen MR) is 130 cm³/mol. The smallest absolute Gasteiger partial charge is 0.264 e. The summed E-state index contributed by atoms with van der Waals surface area (Å²) in [5.74, 6) is 0.828.